The van der Waals surface area contributed by atoms with Gasteiger partial charge in [-0.3, -0.25) is 4.79 Å². The van der Waals surface area contributed by atoms with E-state index in [1.807, 2.05) is 30.5 Å². The van der Waals surface area contributed by atoms with E-state index in [1.54, 1.807) is 28.8 Å². The lowest BCUT2D eigenvalue weighted by Crippen LogP contribution is -2.31. The van der Waals surface area contributed by atoms with Crippen LogP contribution < -0.4 is 0 Å². The van der Waals surface area contributed by atoms with Crippen LogP contribution >= 0.6 is 11.8 Å². The quantitative estimate of drug-likeness (QED) is 0.568. The summed E-state index contributed by atoms with van der Waals surface area (Å²) in [5.41, 5.74) is 0.700. The van der Waals surface area contributed by atoms with Gasteiger partial charge in [0, 0.05) is 23.5 Å². The number of nitrogens with zero attached hydrogens (tertiary/aromatic N) is 1. The number of carbonyl (C=O) groups is 1. The predicted molar refractivity (Wildman–Crippen MR) is 74.5 cm³/mol. The Bertz CT molecular complexity index is 387. The molecule has 0 aromatic heterocycles. The maximum Gasteiger partial charge on any atom is 0.254 e. The molecule has 0 spiro atoms. The van der Waals surface area contributed by atoms with Crippen LogP contribution in [0, 0.1) is 0 Å². The molecule has 0 aliphatic carbocycles. The van der Waals surface area contributed by atoms with Crippen molar-refractivity contribution in [2.24, 2.45) is 0 Å². The molecule has 0 fully saturated rings. The normalized spacial score (nSPS) is 9.71. The van der Waals surface area contributed by atoms with E-state index in [0.717, 1.165) is 4.90 Å². The lowest BCUT2D eigenvalue weighted by Gasteiger charge is -2.19. The van der Waals surface area contributed by atoms with Gasteiger partial charge in [0.2, 0.25) is 0 Å². The fraction of sp³-hybridized carbons (Fsp3) is 0.214. The van der Waals surface area contributed by atoms with Crippen molar-refractivity contribution in [2.45, 2.75) is 4.90 Å². The molecule has 0 bridgehead atoms. The average molecular weight is 247 g/mol. The van der Waals surface area contributed by atoms with E-state index in [2.05, 4.69) is 13.2 Å². The number of carbonyl (C=O) groups excluding carboxylic acids is 1. The third-order valence-corrected chi connectivity index (χ3v) is 3.07. The summed E-state index contributed by atoms with van der Waals surface area (Å²) in [6, 6.07) is 7.62. The van der Waals surface area contributed by atoms with Gasteiger partial charge >= 0.3 is 0 Å². The van der Waals surface area contributed by atoms with Gasteiger partial charge in [-0.1, -0.05) is 12.2 Å². The number of benzene rings is 1. The highest BCUT2D eigenvalue weighted by Gasteiger charge is 2.12. The average Bonchev–Trinajstić information content (AvgIpc) is 2.38. The van der Waals surface area contributed by atoms with Crippen LogP contribution in [0.1, 0.15) is 10.4 Å². The minimum absolute atomic E-state index is 0.0115. The van der Waals surface area contributed by atoms with Gasteiger partial charge < -0.3 is 4.90 Å². The third-order valence-electron chi connectivity index (χ3n) is 2.32. The van der Waals surface area contributed by atoms with Crippen molar-refractivity contribution in [2.75, 3.05) is 19.3 Å². The molecule has 0 aliphatic rings. The molecule has 0 unspecified atom stereocenters. The topological polar surface area (TPSA) is 20.3 Å². The highest BCUT2D eigenvalue weighted by Crippen LogP contribution is 2.15. The first-order valence-electron chi connectivity index (χ1n) is 5.38. The van der Waals surface area contributed by atoms with Crippen LogP contribution in [0.2, 0.25) is 0 Å². The van der Waals surface area contributed by atoms with E-state index in [-0.39, 0.29) is 5.91 Å². The Labute approximate surface area is 107 Å². The highest BCUT2D eigenvalue weighted by atomic mass is 32.2. The smallest absolute Gasteiger partial charge is 0.254 e. The van der Waals surface area contributed by atoms with Crippen molar-refractivity contribution in [1.29, 1.82) is 0 Å². The van der Waals surface area contributed by atoms with Crippen LogP contribution in [0.25, 0.3) is 0 Å². The number of hydrogen-bond acceptors (Lipinski definition) is 2. The standard InChI is InChI=1S/C14H17NOS/c1-4-10-15(11-5-2)14(16)12-6-8-13(17-3)9-7-12/h4-9H,1-2,10-11H2,3H3. The molecule has 0 heterocycles. The van der Waals surface area contributed by atoms with Gasteiger partial charge in [0.15, 0.2) is 0 Å². The molecular weight excluding hydrogens is 230 g/mol. The van der Waals surface area contributed by atoms with Crippen LogP contribution in [0.3, 0.4) is 0 Å². The Balaban J connectivity index is 2.84. The minimum Gasteiger partial charge on any atom is -0.331 e. The lowest BCUT2D eigenvalue weighted by molar-refractivity contribution is 0.0791. The van der Waals surface area contributed by atoms with E-state index in [9.17, 15) is 4.79 Å². The van der Waals surface area contributed by atoms with E-state index in [1.165, 1.54) is 0 Å². The first-order valence-corrected chi connectivity index (χ1v) is 6.60. The molecule has 0 saturated carbocycles. The Morgan fingerprint density at radius 3 is 2.18 bits per heavy atom. The summed E-state index contributed by atoms with van der Waals surface area (Å²) in [4.78, 5) is 15.0. The van der Waals surface area contributed by atoms with Crippen LogP contribution in [0.15, 0.2) is 54.5 Å². The van der Waals surface area contributed by atoms with Crippen molar-refractivity contribution < 1.29 is 4.79 Å². The van der Waals surface area contributed by atoms with Gasteiger partial charge in [0.1, 0.15) is 0 Å². The lowest BCUT2D eigenvalue weighted by atomic mass is 10.2. The fourth-order valence-electron chi connectivity index (χ4n) is 1.47. The second-order valence-corrected chi connectivity index (χ2v) is 4.40. The van der Waals surface area contributed by atoms with Crippen LogP contribution in [0.5, 0.6) is 0 Å². The first kappa shape index (κ1) is 13.6. The van der Waals surface area contributed by atoms with Gasteiger partial charge in [-0.2, -0.15) is 0 Å². The summed E-state index contributed by atoms with van der Waals surface area (Å²) in [5, 5.41) is 0. The van der Waals surface area contributed by atoms with E-state index >= 15 is 0 Å². The second kappa shape index (κ2) is 6.97. The maximum absolute atomic E-state index is 12.1. The van der Waals surface area contributed by atoms with Gasteiger partial charge in [-0.25, -0.2) is 0 Å². The zero-order chi connectivity index (χ0) is 12.7. The Hall–Kier alpha value is -1.48. The molecule has 0 aliphatic heterocycles. The summed E-state index contributed by atoms with van der Waals surface area (Å²) < 4.78 is 0. The molecule has 3 heteroatoms. The fourth-order valence-corrected chi connectivity index (χ4v) is 1.88. The molecule has 2 nitrogen and oxygen atoms in total. The second-order valence-electron chi connectivity index (χ2n) is 3.52. The molecule has 90 valence electrons. The van der Waals surface area contributed by atoms with Gasteiger partial charge in [-0.05, 0) is 30.5 Å². The molecule has 0 N–H and O–H groups in total. The molecule has 1 rings (SSSR count). The number of amides is 1. The molecule has 1 amide bonds. The van der Waals surface area contributed by atoms with Crippen molar-refractivity contribution in [3.8, 4) is 0 Å². The summed E-state index contributed by atoms with van der Waals surface area (Å²) in [6.07, 6.45) is 5.45. The van der Waals surface area contributed by atoms with Crippen molar-refractivity contribution in [3.63, 3.8) is 0 Å². The molecule has 1 aromatic rings. The molecular formula is C14H17NOS. The zero-order valence-corrected chi connectivity index (χ0v) is 10.9. The summed E-state index contributed by atoms with van der Waals surface area (Å²) in [7, 11) is 0. The van der Waals surface area contributed by atoms with Crippen molar-refractivity contribution >= 4 is 17.7 Å². The summed E-state index contributed by atoms with van der Waals surface area (Å²) >= 11 is 1.66. The van der Waals surface area contributed by atoms with E-state index in [4.69, 9.17) is 0 Å². The van der Waals surface area contributed by atoms with Gasteiger partial charge in [-0.15, -0.1) is 24.9 Å². The third kappa shape index (κ3) is 3.79. The van der Waals surface area contributed by atoms with Crippen LogP contribution in [0.4, 0.5) is 0 Å². The molecule has 0 saturated heterocycles. The minimum atomic E-state index is 0.0115. The summed E-state index contributed by atoms with van der Waals surface area (Å²) in [6.45, 7) is 8.38. The maximum atomic E-state index is 12.1. The monoisotopic (exact) mass is 247 g/mol. The number of thioether (sulfide) groups is 1. The predicted octanol–water partition coefficient (Wildman–Crippen LogP) is 3.22. The molecule has 0 atom stereocenters. The summed E-state index contributed by atoms with van der Waals surface area (Å²) in [5.74, 6) is 0.0115. The van der Waals surface area contributed by atoms with E-state index < -0.39 is 0 Å². The molecule has 1 aromatic carbocycles. The molecule has 17 heavy (non-hydrogen) atoms. The first-order chi connectivity index (χ1) is 8.22. The SMILES string of the molecule is C=CCN(CC=C)C(=O)c1ccc(SC)cc1. The Morgan fingerprint density at radius 1 is 1.24 bits per heavy atom. The largest absolute Gasteiger partial charge is 0.331 e. The molecule has 0 radical (unpaired) electrons. The number of rotatable bonds is 6. The van der Waals surface area contributed by atoms with E-state index in [0.29, 0.717) is 18.7 Å². The van der Waals surface area contributed by atoms with Crippen LogP contribution in [-0.2, 0) is 0 Å². The van der Waals surface area contributed by atoms with Gasteiger partial charge in [0.05, 0.1) is 0 Å². The van der Waals surface area contributed by atoms with Gasteiger partial charge in [0.25, 0.3) is 5.91 Å². The Morgan fingerprint density at radius 2 is 1.76 bits per heavy atom. The highest BCUT2D eigenvalue weighted by molar-refractivity contribution is 7.98. The Kier molecular flexibility index (Phi) is 5.57. The van der Waals surface area contributed by atoms with Crippen molar-refractivity contribution in [1.82, 2.24) is 4.90 Å². The zero-order valence-electron chi connectivity index (χ0n) is 10.1. The van der Waals surface area contributed by atoms with Crippen molar-refractivity contribution in [3.05, 3.63) is 55.1 Å². The number of hydrogen-bond donors (Lipinski definition) is 0. The van der Waals surface area contributed by atoms with Crippen LogP contribution in [-0.4, -0.2) is 30.2 Å².